The quantitative estimate of drug-likeness (QED) is 0.372. The molecule has 0 spiro atoms. The van der Waals surface area contributed by atoms with Crippen molar-refractivity contribution in [1.82, 2.24) is 5.32 Å². The van der Waals surface area contributed by atoms with Gasteiger partial charge in [0.25, 0.3) is 0 Å². The molecule has 0 aliphatic rings. The van der Waals surface area contributed by atoms with Gasteiger partial charge in [0.15, 0.2) is 0 Å². The van der Waals surface area contributed by atoms with Crippen LogP contribution in [0.4, 0.5) is 0 Å². The summed E-state index contributed by atoms with van der Waals surface area (Å²) in [7, 11) is 0. The van der Waals surface area contributed by atoms with E-state index in [2.05, 4.69) is 18.5 Å². The number of carbonyl (C=O) groups is 2. The minimum atomic E-state index is -0.998. The van der Waals surface area contributed by atoms with Gasteiger partial charge in [-0.15, -0.1) is 0 Å². The van der Waals surface area contributed by atoms with E-state index in [1.807, 2.05) is 0 Å². The van der Waals surface area contributed by atoms with Crippen LogP contribution in [0, 0.1) is 0 Å². The Morgan fingerprint density at radius 2 is 1.86 bits per heavy atom. The van der Waals surface area contributed by atoms with E-state index in [1.165, 1.54) is 6.92 Å². The number of nitrogens with one attached hydrogen (secondary N) is 1. The molecular formula is C14H23NO6. The van der Waals surface area contributed by atoms with Crippen LogP contribution in [0.5, 0.6) is 0 Å². The highest BCUT2D eigenvalue weighted by Gasteiger charge is 2.12. The summed E-state index contributed by atoms with van der Waals surface area (Å²) >= 11 is 0. The normalized spacial score (nSPS) is 13.1. The summed E-state index contributed by atoms with van der Waals surface area (Å²) in [6.07, 6.45) is -1.64. The SMILES string of the molecule is C=C(C)C(=O)OCC(O)COCC(=C)C(=O)NCC(C)O. The van der Waals surface area contributed by atoms with Crippen LogP contribution >= 0.6 is 0 Å². The lowest BCUT2D eigenvalue weighted by atomic mass is 10.3. The number of hydrogen-bond donors (Lipinski definition) is 3. The van der Waals surface area contributed by atoms with Crippen molar-refractivity contribution in [2.24, 2.45) is 0 Å². The van der Waals surface area contributed by atoms with E-state index >= 15 is 0 Å². The number of aliphatic hydroxyl groups is 2. The standard InChI is InChI=1S/C14H23NO6/c1-9(2)14(19)21-8-12(17)7-20-6-10(3)13(18)15-5-11(4)16/h11-12,16-17H,1,3,5-8H2,2,4H3,(H,15,18). The number of hydrogen-bond acceptors (Lipinski definition) is 6. The van der Waals surface area contributed by atoms with Crippen LogP contribution in [0.3, 0.4) is 0 Å². The first-order valence-electron chi connectivity index (χ1n) is 6.46. The van der Waals surface area contributed by atoms with E-state index in [9.17, 15) is 14.7 Å². The maximum atomic E-state index is 11.5. The van der Waals surface area contributed by atoms with Crippen LogP contribution in [-0.2, 0) is 19.1 Å². The molecule has 0 saturated heterocycles. The van der Waals surface area contributed by atoms with Crippen molar-refractivity contribution in [1.29, 1.82) is 0 Å². The third-order valence-corrected chi connectivity index (χ3v) is 2.22. The van der Waals surface area contributed by atoms with Crippen LogP contribution in [0.25, 0.3) is 0 Å². The molecule has 0 aromatic carbocycles. The molecule has 7 nitrogen and oxygen atoms in total. The summed E-state index contributed by atoms with van der Waals surface area (Å²) < 4.78 is 9.83. The van der Waals surface area contributed by atoms with Crippen LogP contribution in [-0.4, -0.2) is 60.7 Å². The Bertz CT molecular complexity index is 391. The third kappa shape index (κ3) is 9.78. The van der Waals surface area contributed by atoms with Crippen molar-refractivity contribution >= 4 is 11.9 Å². The van der Waals surface area contributed by atoms with Crippen molar-refractivity contribution < 1.29 is 29.3 Å². The third-order valence-electron chi connectivity index (χ3n) is 2.22. The lowest BCUT2D eigenvalue weighted by molar-refractivity contribution is -0.142. The predicted octanol–water partition coefficient (Wildman–Crippen LogP) is -0.464. The summed E-state index contributed by atoms with van der Waals surface area (Å²) in [5.41, 5.74) is 0.410. The lowest BCUT2D eigenvalue weighted by Crippen LogP contribution is -2.33. The first kappa shape index (κ1) is 19.3. The van der Waals surface area contributed by atoms with Gasteiger partial charge in [-0.25, -0.2) is 4.79 Å². The number of ether oxygens (including phenoxy) is 2. The summed E-state index contributed by atoms with van der Waals surface area (Å²) in [5.74, 6) is -1.02. The average Bonchev–Trinajstić information content (AvgIpc) is 2.41. The number of carbonyl (C=O) groups excluding carboxylic acids is 2. The van der Waals surface area contributed by atoms with Gasteiger partial charge >= 0.3 is 5.97 Å². The highest BCUT2D eigenvalue weighted by molar-refractivity contribution is 5.92. The fourth-order valence-electron chi connectivity index (χ4n) is 1.09. The molecule has 2 atom stereocenters. The summed E-state index contributed by atoms with van der Waals surface area (Å²) in [6.45, 7) is 9.71. The van der Waals surface area contributed by atoms with Crippen molar-refractivity contribution in [3.05, 3.63) is 24.3 Å². The van der Waals surface area contributed by atoms with Crippen LogP contribution in [0.15, 0.2) is 24.3 Å². The Hall–Kier alpha value is -1.70. The summed E-state index contributed by atoms with van der Waals surface area (Å²) in [5, 5.41) is 21.0. The van der Waals surface area contributed by atoms with Crippen molar-refractivity contribution in [3.63, 3.8) is 0 Å². The molecule has 0 aromatic heterocycles. The predicted molar refractivity (Wildman–Crippen MR) is 76.4 cm³/mol. The Morgan fingerprint density at radius 1 is 1.24 bits per heavy atom. The van der Waals surface area contributed by atoms with Gasteiger partial charge in [-0.1, -0.05) is 13.2 Å². The van der Waals surface area contributed by atoms with Gasteiger partial charge in [0.2, 0.25) is 5.91 Å². The van der Waals surface area contributed by atoms with E-state index in [4.69, 9.17) is 14.6 Å². The number of aliphatic hydroxyl groups excluding tert-OH is 2. The van der Waals surface area contributed by atoms with Gasteiger partial charge in [0.1, 0.15) is 12.7 Å². The van der Waals surface area contributed by atoms with Crippen molar-refractivity contribution in [3.8, 4) is 0 Å². The second kappa shape index (κ2) is 10.1. The first-order valence-corrected chi connectivity index (χ1v) is 6.46. The monoisotopic (exact) mass is 301 g/mol. The highest BCUT2D eigenvalue weighted by atomic mass is 16.5. The van der Waals surface area contributed by atoms with Crippen LogP contribution in [0.2, 0.25) is 0 Å². The van der Waals surface area contributed by atoms with E-state index < -0.39 is 24.1 Å². The minimum Gasteiger partial charge on any atom is -0.460 e. The molecule has 1 amide bonds. The molecule has 0 aliphatic heterocycles. The number of rotatable bonds is 10. The molecule has 0 aromatic rings. The minimum absolute atomic E-state index is 0.0723. The number of esters is 1. The Labute approximate surface area is 124 Å². The molecule has 0 heterocycles. The van der Waals surface area contributed by atoms with E-state index in [0.29, 0.717) is 0 Å². The zero-order chi connectivity index (χ0) is 16.4. The molecule has 0 fully saturated rings. The lowest BCUT2D eigenvalue weighted by Gasteiger charge is -2.13. The van der Waals surface area contributed by atoms with Gasteiger partial charge in [-0.2, -0.15) is 0 Å². The molecule has 3 N–H and O–H groups in total. The second-order valence-corrected chi connectivity index (χ2v) is 4.71. The molecule has 21 heavy (non-hydrogen) atoms. The highest BCUT2D eigenvalue weighted by Crippen LogP contribution is 1.97. The Kier molecular flexibility index (Phi) is 9.27. The molecule has 0 aliphatic carbocycles. The maximum absolute atomic E-state index is 11.5. The smallest absolute Gasteiger partial charge is 0.333 e. The van der Waals surface area contributed by atoms with Gasteiger partial charge in [-0.05, 0) is 13.8 Å². The fraction of sp³-hybridized carbons (Fsp3) is 0.571. The zero-order valence-electron chi connectivity index (χ0n) is 12.4. The number of amides is 1. The molecule has 0 saturated carbocycles. The fourth-order valence-corrected chi connectivity index (χ4v) is 1.09. The van der Waals surface area contributed by atoms with Gasteiger partial charge in [0, 0.05) is 17.7 Å². The Morgan fingerprint density at radius 3 is 2.38 bits per heavy atom. The second-order valence-electron chi connectivity index (χ2n) is 4.71. The molecule has 0 rings (SSSR count). The Balaban J connectivity index is 3.82. The molecule has 120 valence electrons. The molecular weight excluding hydrogens is 278 g/mol. The van der Waals surface area contributed by atoms with Gasteiger partial charge in [-0.3, -0.25) is 4.79 Å². The first-order chi connectivity index (χ1) is 9.73. The molecule has 0 radical (unpaired) electrons. The van der Waals surface area contributed by atoms with Crippen LogP contribution in [0.1, 0.15) is 13.8 Å². The average molecular weight is 301 g/mol. The molecule has 2 unspecified atom stereocenters. The van der Waals surface area contributed by atoms with Gasteiger partial charge < -0.3 is 25.0 Å². The van der Waals surface area contributed by atoms with E-state index in [0.717, 1.165) is 0 Å². The van der Waals surface area contributed by atoms with Crippen molar-refractivity contribution in [2.45, 2.75) is 26.1 Å². The summed E-state index contributed by atoms with van der Waals surface area (Å²) in [6, 6.07) is 0. The zero-order valence-corrected chi connectivity index (χ0v) is 12.4. The topological polar surface area (TPSA) is 105 Å². The van der Waals surface area contributed by atoms with Crippen molar-refractivity contribution in [2.75, 3.05) is 26.4 Å². The van der Waals surface area contributed by atoms with Crippen LogP contribution < -0.4 is 5.32 Å². The maximum Gasteiger partial charge on any atom is 0.333 e. The van der Waals surface area contributed by atoms with Gasteiger partial charge in [0.05, 0.1) is 19.3 Å². The molecule has 0 bridgehead atoms. The summed E-state index contributed by atoms with van der Waals surface area (Å²) in [4.78, 5) is 22.6. The largest absolute Gasteiger partial charge is 0.460 e. The van der Waals surface area contributed by atoms with E-state index in [1.54, 1.807) is 6.92 Å². The van der Waals surface area contributed by atoms with E-state index in [-0.39, 0.29) is 37.5 Å². The molecule has 7 heteroatoms.